The second-order valence-corrected chi connectivity index (χ2v) is 4.29. The molecule has 0 saturated carbocycles. The van der Waals surface area contributed by atoms with Crippen LogP contribution in [0.25, 0.3) is 0 Å². The zero-order chi connectivity index (χ0) is 14.8. The van der Waals surface area contributed by atoms with E-state index in [0.717, 1.165) is 12.1 Å². The number of aromatic nitrogens is 2. The largest absolute Gasteiger partial charge is 0.416 e. The average Bonchev–Trinajstić information content (AvgIpc) is 2.74. The number of benzene rings is 1. The molecule has 0 unspecified atom stereocenters. The van der Waals surface area contributed by atoms with Crippen LogP contribution in [0.4, 0.5) is 18.9 Å². The minimum absolute atomic E-state index is 0.0704. The van der Waals surface area contributed by atoms with Gasteiger partial charge in [-0.2, -0.15) is 13.2 Å². The van der Waals surface area contributed by atoms with Crippen LogP contribution in [-0.2, 0) is 17.5 Å². The second-order valence-electron chi connectivity index (χ2n) is 3.95. The van der Waals surface area contributed by atoms with Crippen LogP contribution in [0.1, 0.15) is 5.56 Å². The van der Waals surface area contributed by atoms with E-state index < -0.39 is 17.6 Å². The average molecular weight is 304 g/mol. The molecule has 0 aliphatic carbocycles. The lowest BCUT2D eigenvalue weighted by molar-refractivity contribution is -0.137. The van der Waals surface area contributed by atoms with Crippen molar-refractivity contribution >= 4 is 23.2 Å². The maximum atomic E-state index is 12.5. The van der Waals surface area contributed by atoms with Crippen LogP contribution in [0.5, 0.6) is 0 Å². The molecule has 0 aliphatic rings. The zero-order valence-corrected chi connectivity index (χ0v) is 10.7. The summed E-state index contributed by atoms with van der Waals surface area (Å²) in [5.41, 5.74) is -0.753. The van der Waals surface area contributed by atoms with Crippen LogP contribution in [0, 0.1) is 0 Å². The first-order chi connectivity index (χ1) is 9.36. The number of halogens is 4. The molecule has 0 atom stereocenters. The van der Waals surface area contributed by atoms with Gasteiger partial charge in [0.2, 0.25) is 11.2 Å². The van der Waals surface area contributed by atoms with Crippen molar-refractivity contribution in [1.29, 1.82) is 0 Å². The fourth-order valence-electron chi connectivity index (χ4n) is 1.56. The van der Waals surface area contributed by atoms with Gasteiger partial charge in [0.15, 0.2) is 0 Å². The molecule has 1 N–H and O–H groups in total. The highest BCUT2D eigenvalue weighted by Crippen LogP contribution is 2.30. The van der Waals surface area contributed by atoms with Gasteiger partial charge in [0, 0.05) is 18.1 Å². The molecule has 2 rings (SSSR count). The SMILES string of the molecule is O=C(Cn1ccnc1Cl)Nc1cccc(C(F)(F)F)c1. The first-order valence-corrected chi connectivity index (χ1v) is 5.88. The van der Waals surface area contributed by atoms with E-state index in [0.29, 0.717) is 0 Å². The lowest BCUT2D eigenvalue weighted by atomic mass is 10.2. The van der Waals surface area contributed by atoms with E-state index >= 15 is 0 Å². The fraction of sp³-hybridized carbons (Fsp3) is 0.167. The molecule has 0 radical (unpaired) electrons. The third-order valence-corrected chi connectivity index (χ3v) is 2.77. The summed E-state index contributed by atoms with van der Waals surface area (Å²) in [4.78, 5) is 15.4. The summed E-state index contributed by atoms with van der Waals surface area (Å²) in [5.74, 6) is -0.496. The molecule has 106 valence electrons. The number of imidazole rings is 1. The number of carbonyl (C=O) groups excluding carboxylic acids is 1. The summed E-state index contributed by atoms with van der Waals surface area (Å²) in [6.45, 7) is -0.130. The Labute approximate surface area is 117 Å². The number of rotatable bonds is 3. The number of hydrogen-bond donors (Lipinski definition) is 1. The van der Waals surface area contributed by atoms with E-state index in [4.69, 9.17) is 11.6 Å². The van der Waals surface area contributed by atoms with E-state index in [-0.39, 0.29) is 17.5 Å². The number of alkyl halides is 3. The maximum absolute atomic E-state index is 12.5. The number of nitrogens with one attached hydrogen (secondary N) is 1. The molecule has 0 spiro atoms. The standard InChI is InChI=1S/C12H9ClF3N3O/c13-11-17-4-5-19(11)7-10(20)18-9-3-1-2-8(6-9)12(14,15)16/h1-6H,7H2,(H,18,20). The van der Waals surface area contributed by atoms with Gasteiger partial charge in [-0.1, -0.05) is 6.07 Å². The molecular weight excluding hydrogens is 295 g/mol. The van der Waals surface area contributed by atoms with Crippen molar-refractivity contribution in [2.75, 3.05) is 5.32 Å². The highest BCUT2D eigenvalue weighted by molar-refractivity contribution is 6.28. The number of anilines is 1. The molecule has 1 heterocycles. The van der Waals surface area contributed by atoms with Gasteiger partial charge in [-0.25, -0.2) is 4.98 Å². The molecule has 4 nitrogen and oxygen atoms in total. The first-order valence-electron chi connectivity index (χ1n) is 5.50. The van der Waals surface area contributed by atoms with Gasteiger partial charge in [0.25, 0.3) is 0 Å². The molecule has 0 bridgehead atoms. The Kier molecular flexibility index (Phi) is 3.99. The van der Waals surface area contributed by atoms with Crippen molar-refractivity contribution in [1.82, 2.24) is 9.55 Å². The predicted octanol–water partition coefficient (Wildman–Crippen LogP) is 3.19. The molecule has 1 amide bonds. The predicted molar refractivity (Wildman–Crippen MR) is 67.3 cm³/mol. The molecule has 0 aliphatic heterocycles. The van der Waals surface area contributed by atoms with Gasteiger partial charge in [0.05, 0.1) is 5.56 Å². The first kappa shape index (κ1) is 14.4. The van der Waals surface area contributed by atoms with E-state index in [1.54, 1.807) is 0 Å². The van der Waals surface area contributed by atoms with Crippen LogP contribution in [0.2, 0.25) is 5.28 Å². The minimum atomic E-state index is -4.45. The molecule has 1 aromatic carbocycles. The summed E-state index contributed by atoms with van der Waals surface area (Å²) in [5, 5.41) is 2.50. The topological polar surface area (TPSA) is 46.9 Å². The van der Waals surface area contributed by atoms with E-state index in [1.165, 1.54) is 29.1 Å². The number of nitrogens with zero attached hydrogens (tertiary/aromatic N) is 2. The normalized spacial score (nSPS) is 11.4. The fourth-order valence-corrected chi connectivity index (χ4v) is 1.73. The Balaban J connectivity index is 2.07. The quantitative estimate of drug-likeness (QED) is 0.946. The summed E-state index contributed by atoms with van der Waals surface area (Å²) >= 11 is 5.70. The van der Waals surface area contributed by atoms with E-state index in [9.17, 15) is 18.0 Å². The Morgan fingerprint density at radius 3 is 2.75 bits per heavy atom. The van der Waals surface area contributed by atoms with Crippen molar-refractivity contribution in [3.8, 4) is 0 Å². The van der Waals surface area contributed by atoms with E-state index in [1.807, 2.05) is 0 Å². The minimum Gasteiger partial charge on any atom is -0.325 e. The van der Waals surface area contributed by atoms with Gasteiger partial charge in [-0.05, 0) is 29.8 Å². The van der Waals surface area contributed by atoms with Gasteiger partial charge in [0.1, 0.15) is 6.54 Å². The lowest BCUT2D eigenvalue weighted by Crippen LogP contribution is -2.18. The van der Waals surface area contributed by atoms with Gasteiger partial charge < -0.3 is 9.88 Å². The second kappa shape index (κ2) is 5.54. The van der Waals surface area contributed by atoms with Crippen molar-refractivity contribution in [2.45, 2.75) is 12.7 Å². The summed E-state index contributed by atoms with van der Waals surface area (Å²) in [6.07, 6.45) is -1.54. The van der Waals surface area contributed by atoms with Crippen LogP contribution < -0.4 is 5.32 Å². The summed E-state index contributed by atoms with van der Waals surface area (Å²) in [6, 6.07) is 4.40. The monoisotopic (exact) mass is 303 g/mol. The number of hydrogen-bond acceptors (Lipinski definition) is 2. The van der Waals surface area contributed by atoms with Crippen LogP contribution in [-0.4, -0.2) is 15.5 Å². The van der Waals surface area contributed by atoms with Gasteiger partial charge in [-0.3, -0.25) is 4.79 Å². The Morgan fingerprint density at radius 1 is 1.40 bits per heavy atom. The number of carbonyl (C=O) groups is 1. The molecule has 0 saturated heterocycles. The smallest absolute Gasteiger partial charge is 0.325 e. The molecule has 2 aromatic rings. The highest BCUT2D eigenvalue weighted by atomic mass is 35.5. The third kappa shape index (κ3) is 3.51. The Hall–Kier alpha value is -2.02. The van der Waals surface area contributed by atoms with Gasteiger partial charge in [-0.15, -0.1) is 0 Å². The summed E-state index contributed by atoms with van der Waals surface area (Å²) in [7, 11) is 0. The number of amides is 1. The molecule has 8 heteroatoms. The van der Waals surface area contributed by atoms with Crippen molar-refractivity contribution < 1.29 is 18.0 Å². The maximum Gasteiger partial charge on any atom is 0.416 e. The lowest BCUT2D eigenvalue weighted by Gasteiger charge is -2.10. The van der Waals surface area contributed by atoms with Gasteiger partial charge >= 0.3 is 6.18 Å². The van der Waals surface area contributed by atoms with Crippen molar-refractivity contribution in [2.24, 2.45) is 0 Å². The molecule has 20 heavy (non-hydrogen) atoms. The zero-order valence-electron chi connectivity index (χ0n) is 9.99. The molecule has 0 fully saturated rings. The Morgan fingerprint density at radius 2 is 2.15 bits per heavy atom. The third-order valence-electron chi connectivity index (χ3n) is 2.45. The Bertz CT molecular complexity index is 624. The molecular formula is C12H9ClF3N3O. The summed E-state index contributed by atoms with van der Waals surface area (Å²) < 4.78 is 38.9. The van der Waals surface area contributed by atoms with Crippen LogP contribution in [0.3, 0.4) is 0 Å². The van der Waals surface area contributed by atoms with Crippen molar-refractivity contribution in [3.63, 3.8) is 0 Å². The molecule has 1 aromatic heterocycles. The van der Waals surface area contributed by atoms with E-state index in [2.05, 4.69) is 10.3 Å². The highest BCUT2D eigenvalue weighted by Gasteiger charge is 2.30. The van der Waals surface area contributed by atoms with Crippen LogP contribution >= 0.6 is 11.6 Å². The van der Waals surface area contributed by atoms with Crippen molar-refractivity contribution in [3.05, 3.63) is 47.5 Å². The van der Waals surface area contributed by atoms with Crippen LogP contribution in [0.15, 0.2) is 36.7 Å².